The van der Waals surface area contributed by atoms with E-state index in [1.165, 1.54) is 29.5 Å². The minimum absolute atomic E-state index is 0.0338. The quantitative estimate of drug-likeness (QED) is 0.204. The number of anilines is 1. The Balaban J connectivity index is 1.46. The molecule has 3 aromatic carbocycles. The van der Waals surface area contributed by atoms with Crippen molar-refractivity contribution in [2.24, 2.45) is 0 Å². The summed E-state index contributed by atoms with van der Waals surface area (Å²) in [5.41, 5.74) is 3.51. The Morgan fingerprint density at radius 1 is 1.12 bits per heavy atom. The van der Waals surface area contributed by atoms with Crippen molar-refractivity contribution < 1.29 is 14.5 Å². The molecular weight excluding hydrogens is 518 g/mol. The summed E-state index contributed by atoms with van der Waals surface area (Å²) in [6.45, 7) is 2.35. The van der Waals surface area contributed by atoms with Crippen molar-refractivity contribution in [2.75, 3.05) is 5.32 Å². The van der Waals surface area contributed by atoms with E-state index in [0.717, 1.165) is 27.7 Å². The number of thioether (sulfide) groups is 1. The monoisotopic (exact) mass is 539 g/mol. The molecular formula is C25H22BrN3O4S. The Morgan fingerprint density at radius 3 is 2.50 bits per heavy atom. The lowest BCUT2D eigenvalue weighted by atomic mass is 10.1. The standard InChI is InChI=1S/C25H22BrN3O4S/c1-2-16-3-8-20(9-4-16)27-25-28-24(30)23(34-25)14-18-13-19(26)7-12-22(18)33-15-17-5-10-21(11-6-17)29(31)32/h3-14,25,27H,2,15H2,1H3,(H,28,30)/b23-14-/t25-/m0/s1. The van der Waals surface area contributed by atoms with Gasteiger partial charge in [0.25, 0.3) is 11.6 Å². The third-order valence-electron chi connectivity index (χ3n) is 5.19. The first-order valence-corrected chi connectivity index (χ1v) is 12.3. The Morgan fingerprint density at radius 2 is 1.82 bits per heavy atom. The van der Waals surface area contributed by atoms with E-state index in [-0.39, 0.29) is 23.7 Å². The maximum absolute atomic E-state index is 12.6. The number of nitro groups is 1. The lowest BCUT2D eigenvalue weighted by Crippen LogP contribution is -2.30. The summed E-state index contributed by atoms with van der Waals surface area (Å²) in [4.78, 5) is 23.6. The van der Waals surface area contributed by atoms with Gasteiger partial charge in [-0.15, -0.1) is 0 Å². The average Bonchev–Trinajstić information content (AvgIpc) is 3.17. The number of carbonyl (C=O) groups excluding carboxylic acids is 1. The average molecular weight is 540 g/mol. The topological polar surface area (TPSA) is 93.5 Å². The summed E-state index contributed by atoms with van der Waals surface area (Å²) in [5.74, 6) is 0.447. The molecule has 3 aromatic rings. The fraction of sp³-hybridized carbons (Fsp3) is 0.160. The lowest BCUT2D eigenvalue weighted by molar-refractivity contribution is -0.384. The number of rotatable bonds is 8. The number of hydrogen-bond donors (Lipinski definition) is 2. The van der Waals surface area contributed by atoms with Crippen molar-refractivity contribution in [2.45, 2.75) is 25.4 Å². The zero-order valence-corrected chi connectivity index (χ0v) is 20.7. The molecule has 0 aliphatic carbocycles. The molecule has 34 heavy (non-hydrogen) atoms. The van der Waals surface area contributed by atoms with E-state index in [0.29, 0.717) is 10.7 Å². The van der Waals surface area contributed by atoms with Crippen LogP contribution < -0.4 is 15.4 Å². The molecule has 1 heterocycles. The smallest absolute Gasteiger partial charge is 0.269 e. The number of benzene rings is 3. The Bertz CT molecular complexity index is 1230. The zero-order valence-electron chi connectivity index (χ0n) is 18.3. The molecule has 1 fully saturated rings. The SMILES string of the molecule is CCc1ccc(N[C@H]2NC(=O)/C(=C/c3cc(Br)ccc3OCc3ccc([N+](=O)[O-])cc3)S2)cc1. The van der Waals surface area contributed by atoms with Gasteiger partial charge in [-0.1, -0.05) is 46.7 Å². The number of nitro benzene ring substituents is 1. The molecule has 4 rings (SSSR count). The van der Waals surface area contributed by atoms with Gasteiger partial charge < -0.3 is 15.4 Å². The molecule has 0 radical (unpaired) electrons. The Labute approximate surface area is 209 Å². The molecule has 1 saturated heterocycles. The van der Waals surface area contributed by atoms with Crippen LogP contribution in [0.25, 0.3) is 6.08 Å². The van der Waals surface area contributed by atoms with Crippen LogP contribution in [-0.2, 0) is 17.8 Å². The third-order valence-corrected chi connectivity index (χ3v) is 6.71. The molecule has 1 aliphatic heterocycles. The second kappa shape index (κ2) is 10.8. The van der Waals surface area contributed by atoms with E-state index in [9.17, 15) is 14.9 Å². The normalized spacial score (nSPS) is 16.4. The largest absolute Gasteiger partial charge is 0.488 e. The first-order valence-electron chi connectivity index (χ1n) is 10.6. The van der Waals surface area contributed by atoms with E-state index in [1.54, 1.807) is 18.2 Å². The summed E-state index contributed by atoms with van der Waals surface area (Å²) in [7, 11) is 0. The van der Waals surface area contributed by atoms with Gasteiger partial charge in [-0.2, -0.15) is 0 Å². The second-order valence-electron chi connectivity index (χ2n) is 7.57. The van der Waals surface area contributed by atoms with Crippen LogP contribution >= 0.6 is 27.7 Å². The number of nitrogens with zero attached hydrogens (tertiary/aromatic N) is 1. The van der Waals surface area contributed by atoms with E-state index in [2.05, 4.69) is 45.6 Å². The van der Waals surface area contributed by atoms with Crippen molar-refractivity contribution in [1.82, 2.24) is 5.32 Å². The molecule has 0 saturated carbocycles. The molecule has 2 N–H and O–H groups in total. The van der Waals surface area contributed by atoms with Crippen LogP contribution in [0.3, 0.4) is 0 Å². The van der Waals surface area contributed by atoms with E-state index in [4.69, 9.17) is 4.74 Å². The van der Waals surface area contributed by atoms with E-state index >= 15 is 0 Å². The molecule has 9 heteroatoms. The molecule has 0 unspecified atom stereocenters. The van der Waals surface area contributed by atoms with Gasteiger partial charge in [0.05, 0.1) is 9.83 Å². The van der Waals surface area contributed by atoms with Gasteiger partial charge in [-0.25, -0.2) is 0 Å². The summed E-state index contributed by atoms with van der Waals surface area (Å²) in [6, 6.07) is 19.9. The first kappa shape index (κ1) is 23.8. The summed E-state index contributed by atoms with van der Waals surface area (Å²) in [5, 5.41) is 17.1. The van der Waals surface area contributed by atoms with Gasteiger partial charge in [0.1, 0.15) is 12.4 Å². The molecule has 0 bridgehead atoms. The fourth-order valence-corrected chi connectivity index (χ4v) is 4.69. The van der Waals surface area contributed by atoms with Gasteiger partial charge in [-0.3, -0.25) is 14.9 Å². The predicted molar refractivity (Wildman–Crippen MR) is 139 cm³/mol. The molecule has 0 aromatic heterocycles. The number of hydrogen-bond acceptors (Lipinski definition) is 6. The number of amides is 1. The highest BCUT2D eigenvalue weighted by molar-refractivity contribution is 9.10. The predicted octanol–water partition coefficient (Wildman–Crippen LogP) is 6.10. The van der Waals surface area contributed by atoms with Crippen LogP contribution in [0.15, 0.2) is 76.1 Å². The summed E-state index contributed by atoms with van der Waals surface area (Å²) >= 11 is 4.88. The number of non-ortho nitro benzene ring substituents is 1. The Hall–Kier alpha value is -3.30. The minimum Gasteiger partial charge on any atom is -0.488 e. The first-order chi connectivity index (χ1) is 16.4. The highest BCUT2D eigenvalue weighted by Gasteiger charge is 2.27. The van der Waals surface area contributed by atoms with E-state index in [1.807, 2.05) is 30.3 Å². The van der Waals surface area contributed by atoms with Crippen LogP contribution in [0.4, 0.5) is 11.4 Å². The lowest BCUT2D eigenvalue weighted by Gasteiger charge is -2.13. The zero-order chi connectivity index (χ0) is 24.1. The van der Waals surface area contributed by atoms with Crippen LogP contribution in [0.1, 0.15) is 23.6 Å². The van der Waals surface area contributed by atoms with Crippen LogP contribution in [0, 0.1) is 10.1 Å². The highest BCUT2D eigenvalue weighted by Crippen LogP contribution is 2.33. The van der Waals surface area contributed by atoms with Crippen molar-refractivity contribution in [1.29, 1.82) is 0 Å². The maximum Gasteiger partial charge on any atom is 0.269 e. The third kappa shape index (κ3) is 5.98. The van der Waals surface area contributed by atoms with Gasteiger partial charge in [-0.05, 0) is 66.1 Å². The number of ether oxygens (including phenoxy) is 1. The van der Waals surface area contributed by atoms with Crippen LogP contribution in [0.5, 0.6) is 5.75 Å². The van der Waals surface area contributed by atoms with Crippen molar-refractivity contribution in [3.05, 3.63) is 103 Å². The van der Waals surface area contributed by atoms with Crippen molar-refractivity contribution in [3.63, 3.8) is 0 Å². The fourth-order valence-electron chi connectivity index (χ4n) is 3.33. The number of nitrogens with one attached hydrogen (secondary N) is 2. The second-order valence-corrected chi connectivity index (χ2v) is 9.63. The van der Waals surface area contributed by atoms with Gasteiger partial charge in [0, 0.05) is 27.9 Å². The summed E-state index contributed by atoms with van der Waals surface area (Å²) in [6.07, 6.45) is 2.78. The highest BCUT2D eigenvalue weighted by atomic mass is 79.9. The molecule has 1 aliphatic rings. The number of aryl methyl sites for hydroxylation is 1. The molecule has 174 valence electrons. The molecule has 1 atom stereocenters. The van der Waals surface area contributed by atoms with Crippen LogP contribution in [-0.4, -0.2) is 16.3 Å². The van der Waals surface area contributed by atoms with Crippen molar-refractivity contribution in [3.8, 4) is 5.75 Å². The molecule has 7 nitrogen and oxygen atoms in total. The molecule has 1 amide bonds. The minimum atomic E-state index is -0.434. The maximum atomic E-state index is 12.6. The van der Waals surface area contributed by atoms with Gasteiger partial charge in [0.15, 0.2) is 5.50 Å². The number of halogens is 1. The number of carbonyl (C=O) groups is 1. The van der Waals surface area contributed by atoms with Gasteiger partial charge >= 0.3 is 0 Å². The van der Waals surface area contributed by atoms with E-state index < -0.39 is 4.92 Å². The molecule has 0 spiro atoms. The Kier molecular flexibility index (Phi) is 7.54. The van der Waals surface area contributed by atoms with Crippen LogP contribution in [0.2, 0.25) is 0 Å². The van der Waals surface area contributed by atoms with Crippen molar-refractivity contribution >= 4 is 51.0 Å². The van der Waals surface area contributed by atoms with Gasteiger partial charge in [0.2, 0.25) is 0 Å². The summed E-state index contributed by atoms with van der Waals surface area (Å²) < 4.78 is 6.83.